The van der Waals surface area contributed by atoms with Gasteiger partial charge in [0.1, 0.15) is 5.82 Å². The minimum Gasteiger partial charge on any atom is -0.312 e. The summed E-state index contributed by atoms with van der Waals surface area (Å²) in [7, 11) is 1.90. The summed E-state index contributed by atoms with van der Waals surface area (Å²) in [4.78, 5) is 1.23. The van der Waals surface area contributed by atoms with Gasteiger partial charge < -0.3 is 5.32 Å². The molecule has 1 nitrogen and oxygen atoms in total. The van der Waals surface area contributed by atoms with E-state index in [9.17, 15) is 4.39 Å². The Morgan fingerprint density at radius 1 is 1.41 bits per heavy atom. The highest BCUT2D eigenvalue weighted by Crippen LogP contribution is 2.25. The third-order valence-electron chi connectivity index (χ3n) is 2.67. The van der Waals surface area contributed by atoms with Crippen molar-refractivity contribution in [2.45, 2.75) is 12.5 Å². The van der Waals surface area contributed by atoms with Crippen LogP contribution in [-0.4, -0.2) is 7.05 Å². The van der Waals surface area contributed by atoms with Gasteiger partial charge in [0.15, 0.2) is 0 Å². The summed E-state index contributed by atoms with van der Waals surface area (Å²) in [5.41, 5.74) is 0.729. The summed E-state index contributed by atoms with van der Waals surface area (Å²) in [6.07, 6.45) is 0.655. The Morgan fingerprint density at radius 3 is 2.88 bits per heavy atom. The second-order valence-corrected chi connectivity index (χ2v) is 5.69. The molecule has 0 saturated heterocycles. The molecular weight excluding hydrogens is 301 g/mol. The minimum absolute atomic E-state index is 0.148. The van der Waals surface area contributed by atoms with Crippen molar-refractivity contribution < 1.29 is 4.39 Å². The van der Waals surface area contributed by atoms with E-state index in [0.717, 1.165) is 10.0 Å². The maximum absolute atomic E-state index is 13.7. The molecule has 0 fully saturated rings. The zero-order chi connectivity index (χ0) is 12.3. The van der Waals surface area contributed by atoms with Crippen LogP contribution in [0.5, 0.6) is 0 Å². The normalized spacial score (nSPS) is 12.6. The maximum atomic E-state index is 13.7. The number of likely N-dealkylation sites (N-methyl/N-ethyl adjacent to an activating group) is 1. The Hall–Kier alpha value is -0.710. The van der Waals surface area contributed by atoms with Crippen LogP contribution in [0.1, 0.15) is 16.5 Å². The molecule has 0 saturated carbocycles. The lowest BCUT2D eigenvalue weighted by molar-refractivity contribution is 0.559. The molecule has 0 amide bonds. The molecule has 1 N–H and O–H groups in total. The SMILES string of the molecule is CNC(Cc1cc(Br)ccc1F)c1cccs1. The van der Waals surface area contributed by atoms with E-state index in [4.69, 9.17) is 0 Å². The van der Waals surface area contributed by atoms with Crippen LogP contribution >= 0.6 is 27.3 Å². The second kappa shape index (κ2) is 5.76. The van der Waals surface area contributed by atoms with E-state index in [1.54, 1.807) is 17.4 Å². The van der Waals surface area contributed by atoms with E-state index in [-0.39, 0.29) is 11.9 Å². The standard InChI is InChI=1S/C13H13BrFNS/c1-16-12(13-3-2-6-17-13)8-9-7-10(14)4-5-11(9)15/h2-7,12,16H,8H2,1H3. The lowest BCUT2D eigenvalue weighted by Crippen LogP contribution is -2.18. The van der Waals surface area contributed by atoms with E-state index in [2.05, 4.69) is 27.3 Å². The predicted molar refractivity (Wildman–Crippen MR) is 73.9 cm³/mol. The Bertz CT molecular complexity index is 484. The first-order valence-electron chi connectivity index (χ1n) is 5.35. The van der Waals surface area contributed by atoms with Gasteiger partial charge >= 0.3 is 0 Å². The Morgan fingerprint density at radius 2 is 2.24 bits per heavy atom. The van der Waals surface area contributed by atoms with E-state index in [1.165, 1.54) is 10.9 Å². The Balaban J connectivity index is 2.21. The summed E-state index contributed by atoms with van der Waals surface area (Å²) in [5, 5.41) is 5.27. The predicted octanol–water partition coefficient (Wildman–Crippen LogP) is 4.15. The zero-order valence-electron chi connectivity index (χ0n) is 9.41. The molecule has 17 heavy (non-hydrogen) atoms. The van der Waals surface area contributed by atoms with Crippen LogP contribution in [0.2, 0.25) is 0 Å². The van der Waals surface area contributed by atoms with Crippen molar-refractivity contribution in [1.82, 2.24) is 5.32 Å². The summed E-state index contributed by atoms with van der Waals surface area (Å²) in [6, 6.07) is 9.31. The van der Waals surface area contributed by atoms with Gasteiger partial charge in [-0.1, -0.05) is 22.0 Å². The summed E-state index contributed by atoms with van der Waals surface area (Å²) < 4.78 is 14.6. The van der Waals surface area contributed by atoms with E-state index >= 15 is 0 Å². The summed E-state index contributed by atoms with van der Waals surface area (Å²) in [6.45, 7) is 0. The molecule has 1 aromatic carbocycles. The van der Waals surface area contributed by atoms with Crippen molar-refractivity contribution in [3.8, 4) is 0 Å². The first-order valence-corrected chi connectivity index (χ1v) is 7.02. The van der Waals surface area contributed by atoms with Crippen molar-refractivity contribution in [3.05, 3.63) is 56.4 Å². The van der Waals surface area contributed by atoms with Crippen molar-refractivity contribution in [2.24, 2.45) is 0 Å². The van der Waals surface area contributed by atoms with Gasteiger partial charge in [-0.15, -0.1) is 11.3 Å². The quantitative estimate of drug-likeness (QED) is 0.894. The van der Waals surface area contributed by atoms with Gasteiger partial charge in [-0.25, -0.2) is 4.39 Å². The lowest BCUT2D eigenvalue weighted by atomic mass is 10.0. The van der Waals surface area contributed by atoms with Crippen LogP contribution in [0.4, 0.5) is 4.39 Å². The summed E-state index contributed by atoms with van der Waals surface area (Å²) in [5.74, 6) is -0.148. The van der Waals surface area contributed by atoms with Crippen LogP contribution in [0.25, 0.3) is 0 Å². The first kappa shape index (κ1) is 12.7. The van der Waals surface area contributed by atoms with Crippen molar-refractivity contribution in [2.75, 3.05) is 7.05 Å². The molecule has 1 heterocycles. The topological polar surface area (TPSA) is 12.0 Å². The molecule has 0 aliphatic carbocycles. The van der Waals surface area contributed by atoms with Crippen LogP contribution in [0.15, 0.2) is 40.2 Å². The summed E-state index contributed by atoms with van der Waals surface area (Å²) >= 11 is 5.06. The third-order valence-corrected chi connectivity index (χ3v) is 4.15. The Labute approximate surface area is 113 Å². The smallest absolute Gasteiger partial charge is 0.126 e. The highest BCUT2D eigenvalue weighted by molar-refractivity contribution is 9.10. The van der Waals surface area contributed by atoms with Gasteiger partial charge in [-0.05, 0) is 48.7 Å². The number of nitrogens with one attached hydrogen (secondary N) is 1. The number of halogens is 2. The van der Waals surface area contributed by atoms with Gasteiger partial charge in [-0.2, -0.15) is 0 Å². The second-order valence-electron chi connectivity index (χ2n) is 3.80. The average Bonchev–Trinajstić information content (AvgIpc) is 2.84. The van der Waals surface area contributed by atoms with Crippen LogP contribution in [0, 0.1) is 5.82 Å². The third kappa shape index (κ3) is 3.15. The molecular formula is C13H13BrFNS. The van der Waals surface area contributed by atoms with Crippen molar-refractivity contribution >= 4 is 27.3 Å². The van der Waals surface area contributed by atoms with Gasteiger partial charge in [0, 0.05) is 15.4 Å². The maximum Gasteiger partial charge on any atom is 0.126 e. The average molecular weight is 314 g/mol. The lowest BCUT2D eigenvalue weighted by Gasteiger charge is -2.15. The van der Waals surface area contributed by atoms with E-state index in [1.807, 2.05) is 24.6 Å². The Kier molecular flexibility index (Phi) is 4.31. The largest absolute Gasteiger partial charge is 0.312 e. The molecule has 0 bridgehead atoms. The molecule has 4 heteroatoms. The minimum atomic E-state index is -0.148. The molecule has 90 valence electrons. The number of thiophene rings is 1. The van der Waals surface area contributed by atoms with Crippen molar-refractivity contribution in [1.29, 1.82) is 0 Å². The van der Waals surface area contributed by atoms with Gasteiger partial charge in [-0.3, -0.25) is 0 Å². The van der Waals surface area contributed by atoms with Crippen LogP contribution in [-0.2, 0) is 6.42 Å². The molecule has 1 unspecified atom stereocenters. The molecule has 0 spiro atoms. The number of hydrogen-bond acceptors (Lipinski definition) is 2. The van der Waals surface area contributed by atoms with Crippen molar-refractivity contribution in [3.63, 3.8) is 0 Å². The monoisotopic (exact) mass is 313 g/mol. The first-order chi connectivity index (χ1) is 8.20. The fourth-order valence-corrected chi connectivity index (χ4v) is 3.00. The van der Waals surface area contributed by atoms with Gasteiger partial charge in [0.2, 0.25) is 0 Å². The molecule has 1 atom stereocenters. The fraction of sp³-hybridized carbons (Fsp3) is 0.231. The molecule has 2 rings (SSSR count). The molecule has 0 aliphatic heterocycles. The molecule has 1 aromatic heterocycles. The van der Waals surface area contributed by atoms with Gasteiger partial charge in [0.05, 0.1) is 0 Å². The van der Waals surface area contributed by atoms with Crippen LogP contribution in [0.3, 0.4) is 0 Å². The molecule has 0 aliphatic rings. The van der Waals surface area contributed by atoms with Gasteiger partial charge in [0.25, 0.3) is 0 Å². The zero-order valence-corrected chi connectivity index (χ0v) is 11.8. The highest BCUT2D eigenvalue weighted by Gasteiger charge is 2.13. The van der Waals surface area contributed by atoms with E-state index < -0.39 is 0 Å². The number of rotatable bonds is 4. The highest BCUT2D eigenvalue weighted by atomic mass is 79.9. The molecule has 2 aromatic rings. The van der Waals surface area contributed by atoms with Crippen LogP contribution < -0.4 is 5.32 Å². The molecule has 0 radical (unpaired) electrons. The van der Waals surface area contributed by atoms with E-state index in [0.29, 0.717) is 6.42 Å². The number of hydrogen-bond donors (Lipinski definition) is 1. The fourth-order valence-electron chi connectivity index (χ4n) is 1.75. The number of benzene rings is 1.